The predicted molar refractivity (Wildman–Crippen MR) is 174 cm³/mol. The molecule has 6 rings (SSSR count). The molecule has 3 heterocycles. The summed E-state index contributed by atoms with van der Waals surface area (Å²) < 4.78 is 6.26. The highest BCUT2D eigenvalue weighted by atomic mass is 16.4. The van der Waals surface area contributed by atoms with E-state index in [1.165, 1.54) is 0 Å². The van der Waals surface area contributed by atoms with Crippen molar-refractivity contribution in [1.29, 1.82) is 0 Å². The van der Waals surface area contributed by atoms with Crippen LogP contribution in [0.15, 0.2) is 89.5 Å². The molecule has 0 saturated carbocycles. The van der Waals surface area contributed by atoms with Gasteiger partial charge in [-0.05, 0) is 62.7 Å². The van der Waals surface area contributed by atoms with Gasteiger partial charge in [0, 0.05) is 18.7 Å². The van der Waals surface area contributed by atoms with E-state index in [0.717, 1.165) is 52.8 Å². The lowest BCUT2D eigenvalue weighted by atomic mass is 10.0. The Bertz CT molecular complexity index is 1750. The van der Waals surface area contributed by atoms with Gasteiger partial charge in [0.1, 0.15) is 17.6 Å². The molecule has 1 aliphatic rings. The summed E-state index contributed by atoms with van der Waals surface area (Å²) in [5, 5.41) is 0. The van der Waals surface area contributed by atoms with Crippen molar-refractivity contribution >= 4 is 22.8 Å². The second-order valence-corrected chi connectivity index (χ2v) is 11.9. The van der Waals surface area contributed by atoms with Crippen LogP contribution >= 0.6 is 0 Å². The zero-order valence-electron chi connectivity index (χ0n) is 26.1. The van der Waals surface area contributed by atoms with Crippen molar-refractivity contribution in [2.24, 2.45) is 0 Å². The van der Waals surface area contributed by atoms with Crippen LogP contribution in [0, 0.1) is 0 Å². The summed E-state index contributed by atoms with van der Waals surface area (Å²) in [7, 11) is 3.87. The number of carbonyl (C=O) groups excluding carboxylic acids is 2. The molecule has 0 radical (unpaired) electrons. The van der Waals surface area contributed by atoms with Gasteiger partial charge in [0.25, 0.3) is 0 Å². The van der Waals surface area contributed by atoms with Gasteiger partial charge in [0.15, 0.2) is 0 Å². The molecule has 0 bridgehead atoms. The van der Waals surface area contributed by atoms with Crippen LogP contribution in [-0.2, 0) is 22.6 Å². The first-order valence-electron chi connectivity index (χ1n) is 15.7. The molecular weight excluding hydrogens is 564 g/mol. The standard InChI is InChI=1S/C36H40N6O3/c1-4-19-41(36(44)34(40(2)3)26-14-9-6-10-15-26)24-32-38-28-18-17-27(22-29(28)39-32)35-37-23-31(45-35)30-16-11-20-42(30)33(43)21-25-12-7-5-8-13-25/h5-10,12-15,17-18,22-23,30,34H,4,11,16,19-21,24H2,1-3H3,(H,38,39)/t30-,34+/m0/s1. The van der Waals surface area contributed by atoms with Gasteiger partial charge in [-0.3, -0.25) is 14.5 Å². The fourth-order valence-corrected chi connectivity index (χ4v) is 6.27. The Morgan fingerprint density at radius 3 is 2.53 bits per heavy atom. The van der Waals surface area contributed by atoms with Gasteiger partial charge in [-0.15, -0.1) is 0 Å². The smallest absolute Gasteiger partial charge is 0.244 e. The van der Waals surface area contributed by atoms with Crippen LogP contribution in [0.3, 0.4) is 0 Å². The lowest BCUT2D eigenvalue weighted by Gasteiger charge is -2.30. The van der Waals surface area contributed by atoms with Crippen LogP contribution in [0.5, 0.6) is 0 Å². The van der Waals surface area contributed by atoms with Gasteiger partial charge in [-0.25, -0.2) is 9.97 Å². The molecule has 1 saturated heterocycles. The Labute approximate surface area is 263 Å². The van der Waals surface area contributed by atoms with Crippen LogP contribution in [-0.4, -0.2) is 68.7 Å². The number of rotatable bonds is 11. The molecule has 0 aliphatic carbocycles. The fraction of sp³-hybridized carbons (Fsp3) is 0.333. The summed E-state index contributed by atoms with van der Waals surface area (Å²) in [5.74, 6) is 2.08. The minimum Gasteiger partial charge on any atom is -0.439 e. The van der Waals surface area contributed by atoms with Gasteiger partial charge in [-0.2, -0.15) is 0 Å². The molecule has 2 atom stereocenters. The maximum absolute atomic E-state index is 13.8. The molecule has 0 unspecified atom stereocenters. The van der Waals surface area contributed by atoms with Gasteiger partial charge >= 0.3 is 0 Å². The minimum absolute atomic E-state index is 0.0460. The highest BCUT2D eigenvalue weighted by Gasteiger charge is 2.33. The Morgan fingerprint density at radius 1 is 1.04 bits per heavy atom. The molecule has 2 amide bonds. The van der Waals surface area contributed by atoms with Crippen LogP contribution in [0.2, 0.25) is 0 Å². The average molecular weight is 605 g/mol. The zero-order chi connectivity index (χ0) is 31.3. The van der Waals surface area contributed by atoms with Crippen LogP contribution in [0.25, 0.3) is 22.5 Å². The zero-order valence-corrected chi connectivity index (χ0v) is 26.1. The molecule has 9 nitrogen and oxygen atoms in total. The van der Waals surface area contributed by atoms with Crippen molar-refractivity contribution in [3.05, 3.63) is 108 Å². The number of imidazole rings is 1. The second kappa shape index (κ2) is 13.5. The number of aromatic nitrogens is 3. The van der Waals surface area contributed by atoms with E-state index in [-0.39, 0.29) is 23.9 Å². The summed E-state index contributed by atoms with van der Waals surface area (Å²) in [5.41, 5.74) is 4.45. The van der Waals surface area contributed by atoms with E-state index in [9.17, 15) is 9.59 Å². The number of hydrogen-bond acceptors (Lipinski definition) is 6. The number of hydrogen-bond donors (Lipinski definition) is 1. The number of nitrogens with zero attached hydrogens (tertiary/aromatic N) is 5. The molecule has 1 fully saturated rings. The number of fused-ring (bicyclic) bond motifs is 1. The fourth-order valence-electron chi connectivity index (χ4n) is 6.27. The average Bonchev–Trinajstić information content (AvgIpc) is 3.81. The van der Waals surface area contributed by atoms with E-state index in [4.69, 9.17) is 9.40 Å². The van der Waals surface area contributed by atoms with E-state index in [0.29, 0.717) is 37.7 Å². The van der Waals surface area contributed by atoms with Crippen molar-refractivity contribution in [1.82, 2.24) is 29.7 Å². The van der Waals surface area contributed by atoms with Crippen molar-refractivity contribution < 1.29 is 14.0 Å². The van der Waals surface area contributed by atoms with Crippen LogP contribution in [0.4, 0.5) is 0 Å². The van der Waals surface area contributed by atoms with Crippen molar-refractivity contribution in [3.8, 4) is 11.5 Å². The second-order valence-electron chi connectivity index (χ2n) is 11.9. The Kier molecular flexibility index (Phi) is 9.07. The summed E-state index contributed by atoms with van der Waals surface area (Å²) >= 11 is 0. The van der Waals surface area contributed by atoms with E-state index in [2.05, 4.69) is 16.9 Å². The van der Waals surface area contributed by atoms with Crippen LogP contribution < -0.4 is 0 Å². The van der Waals surface area contributed by atoms with E-state index >= 15 is 0 Å². The molecule has 5 aromatic rings. The number of oxazole rings is 1. The number of aromatic amines is 1. The molecule has 0 spiro atoms. The third-order valence-corrected chi connectivity index (χ3v) is 8.41. The van der Waals surface area contributed by atoms with Crippen molar-refractivity contribution in [2.45, 2.75) is 51.2 Å². The molecular formula is C36H40N6O3. The highest BCUT2D eigenvalue weighted by molar-refractivity contribution is 5.84. The van der Waals surface area contributed by atoms with E-state index < -0.39 is 0 Å². The maximum atomic E-state index is 13.8. The Balaban J connectivity index is 1.18. The monoisotopic (exact) mass is 604 g/mol. The number of likely N-dealkylation sites (N-methyl/N-ethyl adjacent to an activating group) is 1. The molecule has 1 N–H and O–H groups in total. The molecule has 45 heavy (non-hydrogen) atoms. The number of nitrogens with one attached hydrogen (secondary N) is 1. The summed E-state index contributed by atoms with van der Waals surface area (Å²) in [6, 6.07) is 25.1. The van der Waals surface area contributed by atoms with Crippen molar-refractivity contribution in [3.63, 3.8) is 0 Å². The van der Waals surface area contributed by atoms with Gasteiger partial charge in [0.2, 0.25) is 17.7 Å². The molecule has 2 aromatic heterocycles. The summed E-state index contributed by atoms with van der Waals surface area (Å²) in [6.07, 6.45) is 4.75. The maximum Gasteiger partial charge on any atom is 0.244 e. The van der Waals surface area contributed by atoms with Crippen molar-refractivity contribution in [2.75, 3.05) is 27.2 Å². The van der Waals surface area contributed by atoms with E-state index in [1.54, 1.807) is 6.20 Å². The van der Waals surface area contributed by atoms with E-state index in [1.807, 2.05) is 108 Å². The first kappa shape index (κ1) is 30.3. The third-order valence-electron chi connectivity index (χ3n) is 8.41. The largest absolute Gasteiger partial charge is 0.439 e. The lowest BCUT2D eigenvalue weighted by Crippen LogP contribution is -2.40. The number of carbonyl (C=O) groups is 2. The highest BCUT2D eigenvalue weighted by Crippen LogP contribution is 2.35. The Hall–Kier alpha value is -4.76. The number of H-pyrrole nitrogens is 1. The first-order valence-corrected chi connectivity index (χ1v) is 15.7. The third kappa shape index (κ3) is 6.68. The van der Waals surface area contributed by atoms with Gasteiger partial charge in [0.05, 0.1) is 36.2 Å². The topological polar surface area (TPSA) is 98.6 Å². The first-order chi connectivity index (χ1) is 21.9. The Morgan fingerprint density at radius 2 is 1.80 bits per heavy atom. The SMILES string of the molecule is CCCN(Cc1nc2ccc(-c3ncc([C@@H]4CCCN4C(=O)Cc4ccccc4)o3)cc2[nH]1)C(=O)[C@@H](c1ccccc1)N(C)C. The molecule has 1 aliphatic heterocycles. The number of likely N-dealkylation sites (tertiary alicyclic amines) is 1. The summed E-state index contributed by atoms with van der Waals surface area (Å²) in [4.78, 5) is 45.5. The van der Waals surface area contributed by atoms with Crippen LogP contribution in [0.1, 0.15) is 61.0 Å². The van der Waals surface area contributed by atoms with Gasteiger partial charge in [-0.1, -0.05) is 67.6 Å². The number of amides is 2. The number of benzene rings is 3. The predicted octanol–water partition coefficient (Wildman–Crippen LogP) is 6.17. The van der Waals surface area contributed by atoms with Gasteiger partial charge < -0.3 is 19.2 Å². The molecule has 232 valence electrons. The molecule has 3 aromatic carbocycles. The normalized spacial score (nSPS) is 15.6. The lowest BCUT2D eigenvalue weighted by molar-refractivity contribution is -0.137. The summed E-state index contributed by atoms with van der Waals surface area (Å²) in [6.45, 7) is 3.80. The quantitative estimate of drug-likeness (QED) is 0.194. The minimum atomic E-state index is -0.377. The molecule has 9 heteroatoms.